The van der Waals surface area contributed by atoms with Gasteiger partial charge in [-0.15, -0.1) is 0 Å². The number of nitrogens with zero attached hydrogens (tertiary/aromatic N) is 2. The van der Waals surface area contributed by atoms with Crippen LogP contribution in [0.3, 0.4) is 0 Å². The zero-order chi connectivity index (χ0) is 31.3. The molecular formula is C38H42N2O6. The first-order chi connectivity index (χ1) is 22.5. The Morgan fingerprint density at radius 2 is 0.848 bits per heavy atom. The van der Waals surface area contributed by atoms with E-state index in [2.05, 4.69) is 66.1 Å². The lowest BCUT2D eigenvalue weighted by molar-refractivity contribution is 0.388. The Bertz CT molecular complexity index is 1520. The Morgan fingerprint density at radius 3 is 1.22 bits per heavy atom. The van der Waals surface area contributed by atoms with Crippen molar-refractivity contribution in [2.45, 2.75) is 38.3 Å². The first-order valence-electron chi connectivity index (χ1n) is 16.2. The zero-order valence-corrected chi connectivity index (χ0v) is 26.5. The molecule has 240 valence electrons. The fourth-order valence-electron chi connectivity index (χ4n) is 5.26. The monoisotopic (exact) mass is 622 g/mol. The lowest BCUT2D eigenvalue weighted by Gasteiger charge is -2.23. The quantitative estimate of drug-likeness (QED) is 0.143. The Morgan fingerprint density at radius 1 is 0.478 bits per heavy atom. The highest BCUT2D eigenvalue weighted by molar-refractivity contribution is 5.51. The van der Waals surface area contributed by atoms with E-state index in [0.29, 0.717) is 24.4 Å². The van der Waals surface area contributed by atoms with Crippen LogP contribution in [0.2, 0.25) is 0 Å². The first-order valence-corrected chi connectivity index (χ1v) is 16.2. The third kappa shape index (κ3) is 9.47. The van der Waals surface area contributed by atoms with E-state index in [4.69, 9.17) is 28.4 Å². The molecule has 46 heavy (non-hydrogen) atoms. The number of anilines is 2. The van der Waals surface area contributed by atoms with Crippen molar-refractivity contribution in [3.8, 4) is 23.0 Å². The maximum Gasteiger partial charge on any atom is 0.127 e. The molecule has 4 aromatic carbocycles. The van der Waals surface area contributed by atoms with Crippen LogP contribution < -0.4 is 19.3 Å². The van der Waals surface area contributed by atoms with Crippen LogP contribution in [-0.4, -0.2) is 77.0 Å². The second-order valence-electron chi connectivity index (χ2n) is 12.5. The molecule has 0 saturated carbocycles. The molecule has 0 amide bonds. The molecule has 4 atom stereocenters. The van der Waals surface area contributed by atoms with Gasteiger partial charge in [-0.1, -0.05) is 29.8 Å². The van der Waals surface area contributed by atoms with E-state index < -0.39 is 0 Å². The SMILES string of the molecule is Cc1ccc(Oc2ccc(N(CC3CO3)CC3CO3)cc2)cc1.Cc1cccc(Oc2ccc(N(CC3CO3)CC3CO3)cc2)c1. The van der Waals surface area contributed by atoms with Crippen LogP contribution in [0.4, 0.5) is 11.4 Å². The third-order valence-electron chi connectivity index (χ3n) is 8.19. The minimum absolute atomic E-state index is 0.372. The lowest BCUT2D eigenvalue weighted by Crippen LogP contribution is -2.31. The van der Waals surface area contributed by atoms with Crippen molar-refractivity contribution < 1.29 is 28.4 Å². The summed E-state index contributed by atoms with van der Waals surface area (Å²) in [5.41, 5.74) is 4.80. The van der Waals surface area contributed by atoms with E-state index >= 15 is 0 Å². The summed E-state index contributed by atoms with van der Waals surface area (Å²) < 4.78 is 33.3. The largest absolute Gasteiger partial charge is 0.457 e. The molecule has 8 nitrogen and oxygen atoms in total. The Hall–Kier alpha value is -4.08. The van der Waals surface area contributed by atoms with Gasteiger partial charge < -0.3 is 38.2 Å². The predicted octanol–water partition coefficient (Wildman–Crippen LogP) is 6.78. The van der Waals surface area contributed by atoms with Crippen LogP contribution in [0.25, 0.3) is 0 Å². The molecule has 4 heterocycles. The Kier molecular flexibility index (Phi) is 9.39. The zero-order valence-electron chi connectivity index (χ0n) is 26.5. The van der Waals surface area contributed by atoms with Gasteiger partial charge in [0.25, 0.3) is 0 Å². The lowest BCUT2D eigenvalue weighted by atomic mass is 10.2. The molecule has 4 aliphatic rings. The van der Waals surface area contributed by atoms with Gasteiger partial charge in [0.05, 0.1) is 50.8 Å². The summed E-state index contributed by atoms with van der Waals surface area (Å²) in [4.78, 5) is 4.68. The second-order valence-corrected chi connectivity index (χ2v) is 12.5. The molecule has 4 aromatic rings. The molecule has 0 bridgehead atoms. The molecule has 0 aliphatic carbocycles. The van der Waals surface area contributed by atoms with Crippen molar-refractivity contribution in [1.29, 1.82) is 0 Å². The van der Waals surface area contributed by atoms with Crippen molar-refractivity contribution >= 4 is 11.4 Å². The second kappa shape index (κ2) is 14.1. The van der Waals surface area contributed by atoms with Gasteiger partial charge in [0.2, 0.25) is 0 Å². The minimum Gasteiger partial charge on any atom is -0.457 e. The van der Waals surface area contributed by atoms with Crippen LogP contribution in [0.15, 0.2) is 97.1 Å². The number of rotatable bonds is 14. The van der Waals surface area contributed by atoms with Gasteiger partial charge in [-0.3, -0.25) is 0 Å². The molecule has 4 saturated heterocycles. The topological polar surface area (TPSA) is 75.1 Å². The summed E-state index contributed by atoms with van der Waals surface area (Å²) in [6, 6.07) is 32.7. The van der Waals surface area contributed by atoms with Gasteiger partial charge >= 0.3 is 0 Å². The maximum atomic E-state index is 5.91. The van der Waals surface area contributed by atoms with Crippen LogP contribution in [0.1, 0.15) is 11.1 Å². The van der Waals surface area contributed by atoms with Crippen LogP contribution in [-0.2, 0) is 18.9 Å². The number of benzene rings is 4. The molecule has 8 heteroatoms. The van der Waals surface area contributed by atoms with E-state index in [1.54, 1.807) is 0 Å². The van der Waals surface area contributed by atoms with Gasteiger partial charge in [-0.05, 0) is 92.2 Å². The molecule has 0 spiro atoms. The van der Waals surface area contributed by atoms with E-state index in [9.17, 15) is 0 Å². The van der Waals surface area contributed by atoms with Crippen molar-refractivity contribution in [1.82, 2.24) is 0 Å². The molecule has 8 rings (SSSR count). The van der Waals surface area contributed by atoms with Gasteiger partial charge in [0.1, 0.15) is 23.0 Å². The minimum atomic E-state index is 0.372. The molecule has 0 aromatic heterocycles. The van der Waals surface area contributed by atoms with Crippen molar-refractivity contribution in [3.63, 3.8) is 0 Å². The number of hydrogen-bond donors (Lipinski definition) is 0. The van der Waals surface area contributed by atoms with Crippen LogP contribution in [0.5, 0.6) is 23.0 Å². The normalized spacial score (nSPS) is 21.8. The molecule has 4 unspecified atom stereocenters. The molecular weight excluding hydrogens is 580 g/mol. The van der Waals surface area contributed by atoms with E-state index in [0.717, 1.165) is 75.6 Å². The highest BCUT2D eigenvalue weighted by atomic mass is 16.6. The smallest absolute Gasteiger partial charge is 0.127 e. The highest BCUT2D eigenvalue weighted by Crippen LogP contribution is 2.29. The molecule has 0 N–H and O–H groups in total. The summed E-state index contributed by atoms with van der Waals surface area (Å²) in [5, 5.41) is 0. The maximum absolute atomic E-state index is 5.91. The van der Waals surface area contributed by atoms with E-state index in [-0.39, 0.29) is 0 Å². The summed E-state index contributed by atoms with van der Waals surface area (Å²) >= 11 is 0. The van der Waals surface area contributed by atoms with Gasteiger partial charge in [0.15, 0.2) is 0 Å². The molecule has 0 radical (unpaired) electrons. The fraction of sp³-hybridized carbons (Fsp3) is 0.368. The highest BCUT2D eigenvalue weighted by Gasteiger charge is 2.32. The van der Waals surface area contributed by atoms with Gasteiger partial charge in [-0.2, -0.15) is 0 Å². The van der Waals surface area contributed by atoms with E-state index in [1.807, 2.05) is 54.6 Å². The summed E-state index contributed by atoms with van der Waals surface area (Å²) in [6.45, 7) is 11.3. The summed E-state index contributed by atoms with van der Waals surface area (Å²) in [7, 11) is 0. The predicted molar refractivity (Wildman–Crippen MR) is 179 cm³/mol. The first kappa shape index (κ1) is 30.6. The average molecular weight is 623 g/mol. The number of aryl methyl sites for hydroxylation is 2. The van der Waals surface area contributed by atoms with E-state index in [1.165, 1.54) is 22.5 Å². The summed E-state index contributed by atoms with van der Waals surface area (Å²) in [5.74, 6) is 3.43. The molecule has 4 aliphatic heterocycles. The van der Waals surface area contributed by atoms with Crippen molar-refractivity contribution in [2.75, 3.05) is 62.4 Å². The fourth-order valence-corrected chi connectivity index (χ4v) is 5.26. The molecule has 4 fully saturated rings. The standard InChI is InChI=1S/2C19H21NO3/c1-14-2-6-16(7-3-14)23-17-8-4-15(5-9-17)20(10-18-12-21-18)11-19-13-22-19;1-14-3-2-4-17(9-14)23-16-7-5-15(6-8-16)20(10-18-12-21-18)11-19-13-22-19/h2*2-9,18-19H,10-13H2,1H3. The van der Waals surface area contributed by atoms with Crippen molar-refractivity contribution in [3.05, 3.63) is 108 Å². The van der Waals surface area contributed by atoms with Crippen LogP contribution in [0, 0.1) is 13.8 Å². The van der Waals surface area contributed by atoms with Crippen LogP contribution >= 0.6 is 0 Å². The number of epoxide rings is 4. The van der Waals surface area contributed by atoms with Crippen molar-refractivity contribution in [2.24, 2.45) is 0 Å². The summed E-state index contributed by atoms with van der Waals surface area (Å²) in [6.07, 6.45) is 1.49. The average Bonchev–Trinajstić information content (AvgIpc) is 3.85. The Labute approximate surface area is 271 Å². The van der Waals surface area contributed by atoms with Gasteiger partial charge in [0, 0.05) is 37.6 Å². The number of ether oxygens (including phenoxy) is 6. The Balaban J connectivity index is 0.000000147. The third-order valence-corrected chi connectivity index (χ3v) is 8.19. The number of hydrogen-bond acceptors (Lipinski definition) is 8. The van der Waals surface area contributed by atoms with Gasteiger partial charge in [-0.25, -0.2) is 0 Å².